The van der Waals surface area contributed by atoms with Gasteiger partial charge in [-0.25, -0.2) is 4.98 Å². The molecule has 0 unspecified atom stereocenters. The van der Waals surface area contributed by atoms with Crippen LogP contribution in [0.5, 0.6) is 5.88 Å². The molecule has 5 aromatic rings. The van der Waals surface area contributed by atoms with Gasteiger partial charge < -0.3 is 30.0 Å². The number of rotatable bonds is 11. The first-order valence-electron chi connectivity index (χ1n) is 15.0. The van der Waals surface area contributed by atoms with Gasteiger partial charge in [0.25, 0.3) is 0 Å². The van der Waals surface area contributed by atoms with Gasteiger partial charge in [-0.05, 0) is 23.1 Å². The van der Waals surface area contributed by atoms with E-state index in [1.807, 2.05) is 71.3 Å². The van der Waals surface area contributed by atoms with E-state index in [0.29, 0.717) is 37.4 Å². The molecule has 1 aliphatic carbocycles. The van der Waals surface area contributed by atoms with E-state index in [0.717, 1.165) is 11.1 Å². The Morgan fingerprint density at radius 3 is 2.16 bits per heavy atom. The highest BCUT2D eigenvalue weighted by Crippen LogP contribution is 2.55. The van der Waals surface area contributed by atoms with Crippen molar-refractivity contribution >= 4 is 30.4 Å². The Bertz CT molecular complexity index is 1690. The molecular formula is C34H39N5O4Si. The molecule has 4 atom stereocenters. The zero-order valence-corrected chi connectivity index (χ0v) is 26.1. The Labute approximate surface area is 258 Å². The predicted octanol–water partition coefficient (Wildman–Crippen LogP) is 4.47. The lowest BCUT2D eigenvalue weighted by atomic mass is 9.89. The van der Waals surface area contributed by atoms with Crippen LogP contribution in [-0.4, -0.2) is 56.6 Å². The highest BCUT2D eigenvalue weighted by molar-refractivity contribution is 6.91. The minimum Gasteiger partial charge on any atom is -0.471 e. The van der Waals surface area contributed by atoms with Crippen molar-refractivity contribution < 1.29 is 19.7 Å². The van der Waals surface area contributed by atoms with Crippen LogP contribution in [0, 0.1) is 5.92 Å². The highest BCUT2D eigenvalue weighted by atomic mass is 28.3. The van der Waals surface area contributed by atoms with Crippen molar-refractivity contribution in [3.63, 3.8) is 0 Å². The zero-order valence-electron chi connectivity index (χ0n) is 25.1. The number of aliphatic hydroxyl groups is 2. The number of fused-ring (bicyclic) bond motifs is 1. The standard InChI is InChI=1S/C34H39N5O4Si/c1-44(2,26-16-10-5-11-17-26)28-18-29(34(41,22-40)27(28)21-42-19-24-12-6-3-7-13-24)39-23-36-30-31(39)37-33(35)38-32(30)43-20-25-14-8-4-9-15-25/h3-17,23,27-29,40-41H,18-22H2,1-2H3,(H2,35,37,38)/t27-,28+,29+,34+/m1/s1/i30+1,31+1,32+1,33+1. The smallest absolute Gasteiger partial charge is 0.247 e. The minimum atomic E-state index is -2.20. The number of benzene rings is 3. The van der Waals surface area contributed by atoms with E-state index >= 15 is 0 Å². The molecule has 0 aliphatic heterocycles. The van der Waals surface area contributed by atoms with E-state index in [4.69, 9.17) is 15.2 Å². The van der Waals surface area contributed by atoms with Gasteiger partial charge in [0.1, 0.15) is 12.2 Å². The lowest BCUT2D eigenvalue weighted by molar-refractivity contribution is -0.0935. The third-order valence-electron chi connectivity index (χ3n) is 9.25. The zero-order chi connectivity index (χ0) is 30.7. The second-order valence-corrected chi connectivity index (χ2v) is 16.9. The van der Waals surface area contributed by atoms with E-state index in [9.17, 15) is 10.2 Å². The summed E-state index contributed by atoms with van der Waals surface area (Å²) in [7, 11) is -2.20. The van der Waals surface area contributed by atoms with Crippen molar-refractivity contribution in [2.24, 2.45) is 5.92 Å². The SMILES string of the molecule is C[Si](C)(c1ccccc1)[C@H]1C[C@H](n2cn[13c]3[13c](OCc4ccccc4)n[13c](N)n[13c]32)[C@](O)(CO)[C@@H]1COCc1ccccc1. The molecule has 1 saturated carbocycles. The van der Waals surface area contributed by atoms with Gasteiger partial charge in [-0.1, -0.05) is 109 Å². The fourth-order valence-electron chi connectivity index (χ4n) is 6.76. The summed E-state index contributed by atoms with van der Waals surface area (Å²) in [5, 5.41) is 24.7. The Morgan fingerprint density at radius 2 is 1.52 bits per heavy atom. The number of hydrogen-bond donors (Lipinski definition) is 3. The minimum absolute atomic E-state index is 0.0473. The molecule has 44 heavy (non-hydrogen) atoms. The van der Waals surface area contributed by atoms with E-state index in [-0.39, 0.29) is 23.3 Å². The summed E-state index contributed by atoms with van der Waals surface area (Å²) < 4.78 is 14.2. The first-order chi connectivity index (χ1) is 21.3. The van der Waals surface area contributed by atoms with Crippen LogP contribution in [0.3, 0.4) is 0 Å². The van der Waals surface area contributed by atoms with Crippen molar-refractivity contribution in [3.8, 4) is 5.88 Å². The first kappa shape index (κ1) is 30.0. The summed E-state index contributed by atoms with van der Waals surface area (Å²) in [5.74, 6) is -0.0152. The van der Waals surface area contributed by atoms with Gasteiger partial charge in [0.15, 0.2) is 11.2 Å². The number of hydrogen-bond acceptors (Lipinski definition) is 8. The molecule has 228 valence electrons. The van der Waals surface area contributed by atoms with Gasteiger partial charge in [0, 0.05) is 5.92 Å². The van der Waals surface area contributed by atoms with E-state index in [2.05, 4.69) is 52.3 Å². The largest absolute Gasteiger partial charge is 0.471 e. The fraction of sp³-hybridized carbons (Fsp3) is 0.324. The molecule has 0 spiro atoms. The Morgan fingerprint density at radius 1 is 0.909 bits per heavy atom. The molecule has 2 heterocycles. The van der Waals surface area contributed by atoms with Crippen molar-refractivity contribution in [2.75, 3.05) is 18.9 Å². The molecule has 3 aromatic carbocycles. The van der Waals surface area contributed by atoms with Crippen LogP contribution in [-0.2, 0) is 18.0 Å². The number of nitrogens with two attached hydrogens (primary N) is 1. The second kappa shape index (κ2) is 12.5. The lowest BCUT2D eigenvalue weighted by Gasteiger charge is -2.39. The third kappa shape index (κ3) is 5.73. The number of aliphatic hydroxyl groups excluding tert-OH is 1. The quantitative estimate of drug-likeness (QED) is 0.186. The molecule has 10 heteroatoms. The molecule has 0 bridgehead atoms. The molecule has 0 amide bonds. The van der Waals surface area contributed by atoms with E-state index < -0.39 is 26.3 Å². The Hall–Kier alpha value is -4.09. The highest BCUT2D eigenvalue weighted by Gasteiger charge is 2.59. The summed E-state index contributed by atoms with van der Waals surface area (Å²) in [6.07, 6.45) is 2.26. The molecule has 6 rings (SSSR count). The van der Waals surface area contributed by atoms with E-state index in [1.165, 1.54) is 5.19 Å². The van der Waals surface area contributed by atoms with Crippen LogP contribution in [0.1, 0.15) is 23.6 Å². The van der Waals surface area contributed by atoms with Crippen LogP contribution in [0.2, 0.25) is 18.6 Å². The average molecular weight is 614 g/mol. The summed E-state index contributed by atoms with van der Waals surface area (Å²) in [6.45, 7) is 5.24. The molecule has 1 fully saturated rings. The summed E-state index contributed by atoms with van der Waals surface area (Å²) in [6, 6.07) is 29.8. The molecule has 0 saturated heterocycles. The summed E-state index contributed by atoms with van der Waals surface area (Å²) in [5.41, 5.74) is 7.70. The maximum atomic E-state index is 12.5. The van der Waals surface area contributed by atoms with Crippen molar-refractivity contribution in [1.29, 1.82) is 0 Å². The first-order valence-corrected chi connectivity index (χ1v) is 18.1. The van der Waals surface area contributed by atoms with Gasteiger partial charge >= 0.3 is 0 Å². The van der Waals surface area contributed by atoms with Gasteiger partial charge in [-0.2, -0.15) is 9.97 Å². The van der Waals surface area contributed by atoms with Crippen LogP contribution in [0.4, 0.5) is 5.95 Å². The number of nitrogen functional groups attached to an aromatic ring is 1. The molecule has 1 aliphatic rings. The summed E-state index contributed by atoms with van der Waals surface area (Å²) >= 11 is 0. The molecule has 4 N–H and O–H groups in total. The maximum Gasteiger partial charge on any atom is 0.247 e. The van der Waals surface area contributed by atoms with Crippen LogP contribution in [0.15, 0.2) is 97.3 Å². The molecule has 2 aromatic heterocycles. The molecule has 9 nitrogen and oxygen atoms in total. The monoisotopic (exact) mass is 613 g/mol. The van der Waals surface area contributed by atoms with Gasteiger partial charge in [0.05, 0.1) is 40.3 Å². The van der Waals surface area contributed by atoms with Crippen molar-refractivity contribution in [2.45, 2.75) is 49.9 Å². The second-order valence-electron chi connectivity index (χ2n) is 12.2. The maximum absolute atomic E-state index is 12.5. The summed E-state index contributed by atoms with van der Waals surface area (Å²) in [4.78, 5) is 13.5. The van der Waals surface area contributed by atoms with Crippen molar-refractivity contribution in [1.82, 2.24) is 19.5 Å². The number of imidazole rings is 1. The topological polar surface area (TPSA) is 129 Å². The van der Waals surface area contributed by atoms with E-state index in [1.54, 1.807) is 6.33 Å². The van der Waals surface area contributed by atoms with Crippen LogP contribution in [0.25, 0.3) is 11.2 Å². The predicted molar refractivity (Wildman–Crippen MR) is 173 cm³/mol. The number of ether oxygens (including phenoxy) is 2. The lowest BCUT2D eigenvalue weighted by Crippen LogP contribution is -2.52. The Balaban J connectivity index is 1.36. The molecular weight excluding hydrogens is 574 g/mol. The normalized spacial score (nSPS) is 22.0. The van der Waals surface area contributed by atoms with Crippen LogP contribution < -0.4 is 15.7 Å². The van der Waals surface area contributed by atoms with Gasteiger partial charge in [-0.3, -0.25) is 0 Å². The fourth-order valence-corrected chi connectivity index (χ4v) is 10.4. The molecule has 0 radical (unpaired) electrons. The average Bonchev–Trinajstić information content (AvgIpc) is 3.60. The number of nitrogens with zero attached hydrogens (tertiary/aromatic N) is 4. The van der Waals surface area contributed by atoms with Gasteiger partial charge in [0.2, 0.25) is 11.8 Å². The Kier molecular flexibility index (Phi) is 8.50. The number of aromatic nitrogens is 4. The van der Waals surface area contributed by atoms with Gasteiger partial charge in [-0.15, -0.1) is 0 Å². The van der Waals surface area contributed by atoms with Crippen molar-refractivity contribution in [3.05, 3.63) is 108 Å². The number of anilines is 1. The van der Waals surface area contributed by atoms with Crippen LogP contribution >= 0.6 is 0 Å². The third-order valence-corrected chi connectivity index (χ3v) is 13.6.